The van der Waals surface area contributed by atoms with Gasteiger partial charge in [-0.3, -0.25) is 0 Å². The fourth-order valence-electron chi connectivity index (χ4n) is 1.60. The number of rotatable bonds is 5. The Morgan fingerprint density at radius 2 is 1.41 bits per heavy atom. The molecule has 0 aliphatic carbocycles. The third-order valence-corrected chi connectivity index (χ3v) is 3.31. The molecule has 2 aromatic rings. The monoisotopic (exact) mass is 416 g/mol. The van der Waals surface area contributed by atoms with Crippen LogP contribution in [0.25, 0.3) is 11.5 Å². The summed E-state index contributed by atoms with van der Waals surface area (Å²) < 4.78 is 92.4. The van der Waals surface area contributed by atoms with Gasteiger partial charge in [-0.15, -0.1) is 0 Å². The zero-order valence-corrected chi connectivity index (χ0v) is 14.4. The van der Waals surface area contributed by atoms with Gasteiger partial charge >= 0.3 is 12.4 Å². The van der Waals surface area contributed by atoms with Gasteiger partial charge in [0.25, 0.3) is 0 Å². The molecule has 13 heteroatoms. The van der Waals surface area contributed by atoms with Crippen molar-refractivity contribution in [3.05, 3.63) is 23.3 Å². The molecular formula is C14H13ClF6N6. The molecule has 0 saturated carbocycles. The lowest BCUT2D eigenvalue weighted by molar-refractivity contribution is -0.139. The van der Waals surface area contributed by atoms with Gasteiger partial charge in [0.1, 0.15) is 22.9 Å². The Morgan fingerprint density at radius 1 is 0.926 bits per heavy atom. The van der Waals surface area contributed by atoms with Crippen molar-refractivity contribution in [1.29, 1.82) is 0 Å². The minimum Gasteiger partial charge on any atom is -0.343 e. The standard InChI is InChI=1S/C14H13ClF6N6/c1-6(13(16,17)18)22-11-25-10(8-4-3-5-9(15)24-8)26-12(27-11)23-7(2)14(19,20)21/h3-7H,1-2H3,(H2,22,23,25,26,27)/i3D,4D. The molecule has 148 valence electrons. The van der Waals surface area contributed by atoms with E-state index in [0.29, 0.717) is 0 Å². The highest BCUT2D eigenvalue weighted by Gasteiger charge is 2.38. The van der Waals surface area contributed by atoms with Gasteiger partial charge in [0.05, 0.1) is 2.74 Å². The summed E-state index contributed by atoms with van der Waals surface area (Å²) in [5.74, 6) is -1.94. The molecule has 0 aromatic carbocycles. The SMILES string of the molecule is [2H]c1cc(Cl)nc(-c2nc(NC(C)C(F)(F)F)nc(NC(C)C(F)(F)F)n2)c1[2H]. The first-order valence-electron chi connectivity index (χ1n) is 8.25. The van der Waals surface area contributed by atoms with Crippen LogP contribution in [0.5, 0.6) is 0 Å². The minimum absolute atomic E-state index is 0.238. The van der Waals surface area contributed by atoms with E-state index in [1.54, 1.807) is 0 Å². The highest BCUT2D eigenvalue weighted by molar-refractivity contribution is 6.29. The Kier molecular flexibility index (Phi) is 5.14. The fraction of sp³-hybridized carbons (Fsp3) is 0.429. The molecule has 0 fully saturated rings. The average molecular weight is 417 g/mol. The van der Waals surface area contributed by atoms with Crippen LogP contribution in [-0.4, -0.2) is 44.4 Å². The molecular weight excluding hydrogens is 402 g/mol. The van der Waals surface area contributed by atoms with Crippen LogP contribution in [0.2, 0.25) is 5.15 Å². The Labute approximate surface area is 157 Å². The minimum atomic E-state index is -4.69. The van der Waals surface area contributed by atoms with E-state index < -0.39 is 59.9 Å². The lowest BCUT2D eigenvalue weighted by Crippen LogP contribution is -2.35. The maximum Gasteiger partial charge on any atom is 0.408 e. The largest absolute Gasteiger partial charge is 0.408 e. The van der Waals surface area contributed by atoms with Gasteiger partial charge in [0.15, 0.2) is 5.82 Å². The predicted octanol–water partition coefficient (Wildman–Crippen LogP) is 4.31. The van der Waals surface area contributed by atoms with Crippen molar-refractivity contribution >= 4 is 23.5 Å². The molecule has 6 nitrogen and oxygen atoms in total. The van der Waals surface area contributed by atoms with Crippen LogP contribution in [0, 0.1) is 0 Å². The van der Waals surface area contributed by atoms with Crippen LogP contribution in [-0.2, 0) is 0 Å². The lowest BCUT2D eigenvalue weighted by Gasteiger charge is -2.20. The molecule has 27 heavy (non-hydrogen) atoms. The number of aromatic nitrogens is 4. The summed E-state index contributed by atoms with van der Waals surface area (Å²) in [4.78, 5) is 14.7. The molecule has 0 aliphatic rings. The lowest BCUT2D eigenvalue weighted by atomic mass is 10.3. The fourth-order valence-corrected chi connectivity index (χ4v) is 1.74. The van der Waals surface area contributed by atoms with Crippen molar-refractivity contribution in [3.8, 4) is 11.5 Å². The van der Waals surface area contributed by atoms with Crippen molar-refractivity contribution in [3.63, 3.8) is 0 Å². The summed E-state index contributed by atoms with van der Waals surface area (Å²) in [5.41, 5.74) is -0.407. The zero-order chi connectivity index (χ0) is 22.1. The quantitative estimate of drug-likeness (QED) is 0.558. The summed E-state index contributed by atoms with van der Waals surface area (Å²) in [7, 11) is 0. The number of nitrogens with one attached hydrogen (secondary N) is 2. The second-order valence-corrected chi connectivity index (χ2v) is 5.71. The van der Waals surface area contributed by atoms with Crippen molar-refractivity contribution in [1.82, 2.24) is 19.9 Å². The topological polar surface area (TPSA) is 75.6 Å². The summed E-state index contributed by atoms with van der Waals surface area (Å²) in [6, 6.07) is -4.16. The van der Waals surface area contributed by atoms with Gasteiger partial charge in [-0.25, -0.2) is 4.98 Å². The molecule has 2 aromatic heterocycles. The van der Waals surface area contributed by atoms with Crippen molar-refractivity contribution in [2.75, 3.05) is 10.6 Å². The van der Waals surface area contributed by atoms with E-state index in [-0.39, 0.29) is 5.15 Å². The Bertz CT molecular complexity index is 854. The van der Waals surface area contributed by atoms with Crippen molar-refractivity contribution < 1.29 is 29.1 Å². The first kappa shape index (κ1) is 18.0. The molecule has 0 saturated heterocycles. The maximum absolute atomic E-state index is 12.8. The molecule has 0 radical (unpaired) electrons. The molecule has 2 atom stereocenters. The van der Waals surface area contributed by atoms with Gasteiger partial charge in [0.2, 0.25) is 11.9 Å². The molecule has 2 heterocycles. The Balaban J connectivity index is 2.55. The van der Waals surface area contributed by atoms with E-state index in [4.69, 9.17) is 14.3 Å². The first-order chi connectivity index (χ1) is 13.2. The van der Waals surface area contributed by atoms with Crippen LogP contribution in [0.15, 0.2) is 18.2 Å². The predicted molar refractivity (Wildman–Crippen MR) is 86.3 cm³/mol. The van der Waals surface area contributed by atoms with E-state index in [1.807, 2.05) is 10.6 Å². The molecule has 0 aliphatic heterocycles. The van der Waals surface area contributed by atoms with Crippen LogP contribution < -0.4 is 10.6 Å². The van der Waals surface area contributed by atoms with Gasteiger partial charge in [-0.05, 0) is 26.0 Å². The second-order valence-electron chi connectivity index (χ2n) is 5.32. The van der Waals surface area contributed by atoms with Crippen molar-refractivity contribution in [2.24, 2.45) is 0 Å². The normalized spacial score (nSPS) is 15.6. The van der Waals surface area contributed by atoms with Crippen molar-refractivity contribution in [2.45, 2.75) is 38.3 Å². The third kappa shape index (κ3) is 5.81. The van der Waals surface area contributed by atoms with E-state index in [2.05, 4.69) is 19.9 Å². The molecule has 2 rings (SSSR count). The van der Waals surface area contributed by atoms with Gasteiger partial charge in [0, 0.05) is 0 Å². The van der Waals surface area contributed by atoms with E-state index >= 15 is 0 Å². The number of halogens is 7. The van der Waals surface area contributed by atoms with E-state index in [9.17, 15) is 26.3 Å². The molecule has 2 N–H and O–H groups in total. The number of hydrogen-bond donors (Lipinski definition) is 2. The van der Waals surface area contributed by atoms with Gasteiger partial charge in [-0.1, -0.05) is 17.6 Å². The van der Waals surface area contributed by atoms with E-state index in [0.717, 1.165) is 19.9 Å². The molecule has 0 spiro atoms. The smallest absolute Gasteiger partial charge is 0.343 e. The van der Waals surface area contributed by atoms with Crippen LogP contribution >= 0.6 is 11.6 Å². The zero-order valence-electron chi connectivity index (χ0n) is 15.7. The van der Waals surface area contributed by atoms with Gasteiger partial charge in [-0.2, -0.15) is 41.3 Å². The Hall–Kier alpha value is -2.37. The molecule has 0 amide bonds. The molecule has 2 unspecified atom stereocenters. The summed E-state index contributed by atoms with van der Waals surface area (Å²) in [6.07, 6.45) is -9.38. The number of anilines is 2. The highest BCUT2D eigenvalue weighted by Crippen LogP contribution is 2.26. The average Bonchev–Trinajstić information content (AvgIpc) is 2.56. The van der Waals surface area contributed by atoms with Crippen LogP contribution in [0.3, 0.4) is 0 Å². The number of hydrogen-bond acceptors (Lipinski definition) is 6. The summed E-state index contributed by atoms with van der Waals surface area (Å²) in [5, 5.41) is 3.59. The third-order valence-electron chi connectivity index (χ3n) is 3.12. The molecule has 0 bridgehead atoms. The Morgan fingerprint density at radius 3 is 1.85 bits per heavy atom. The highest BCUT2D eigenvalue weighted by atomic mass is 35.5. The van der Waals surface area contributed by atoms with E-state index in [1.165, 1.54) is 0 Å². The van der Waals surface area contributed by atoms with Gasteiger partial charge < -0.3 is 10.6 Å². The number of nitrogens with zero attached hydrogens (tertiary/aromatic N) is 4. The number of pyridine rings is 1. The van der Waals surface area contributed by atoms with Crippen LogP contribution in [0.4, 0.5) is 38.2 Å². The summed E-state index contributed by atoms with van der Waals surface area (Å²) >= 11 is 5.73. The first-order valence-corrected chi connectivity index (χ1v) is 7.63. The van der Waals surface area contributed by atoms with Crippen LogP contribution in [0.1, 0.15) is 16.6 Å². The number of alkyl halides is 6. The summed E-state index contributed by atoms with van der Waals surface area (Å²) in [6.45, 7) is 1.51. The maximum atomic E-state index is 12.8. The second kappa shape index (κ2) is 7.71.